The highest BCUT2D eigenvalue weighted by Gasteiger charge is 2.20. The standard InChI is InChI=1S/C24H25N7O3/c1-33-23-18(10-17(12-28-23)16-7-9-31-21(11-16)29-24(25)30-31)22(32)27-13-19-20(6-3-8-26-19)34-14-15-4-2-5-15/h3,6-12,15H,2,4-5,13-14H2,1H3,(H2,25,30)(H,27,32). The number of methoxy groups -OCH3 is 1. The van der Waals surface area contributed by atoms with E-state index in [1.807, 2.05) is 24.3 Å². The number of nitrogen functional groups attached to an aromatic ring is 1. The van der Waals surface area contributed by atoms with Gasteiger partial charge in [0.1, 0.15) is 17.0 Å². The van der Waals surface area contributed by atoms with Gasteiger partial charge in [0.25, 0.3) is 5.91 Å². The predicted molar refractivity (Wildman–Crippen MR) is 125 cm³/mol. The molecule has 1 aliphatic carbocycles. The summed E-state index contributed by atoms with van der Waals surface area (Å²) in [7, 11) is 1.48. The van der Waals surface area contributed by atoms with Gasteiger partial charge in [0.05, 0.1) is 20.3 Å². The molecule has 0 aromatic carbocycles. The number of rotatable bonds is 8. The number of ether oxygens (including phenoxy) is 2. The van der Waals surface area contributed by atoms with E-state index in [4.69, 9.17) is 15.2 Å². The Bertz CT molecular complexity index is 1330. The van der Waals surface area contributed by atoms with Gasteiger partial charge in [-0.15, -0.1) is 5.10 Å². The summed E-state index contributed by atoms with van der Waals surface area (Å²) in [6.45, 7) is 0.895. The van der Waals surface area contributed by atoms with Crippen molar-refractivity contribution in [2.75, 3.05) is 19.5 Å². The van der Waals surface area contributed by atoms with Crippen LogP contribution in [-0.4, -0.2) is 44.2 Å². The van der Waals surface area contributed by atoms with E-state index in [-0.39, 0.29) is 24.3 Å². The summed E-state index contributed by atoms with van der Waals surface area (Å²) < 4.78 is 12.9. The van der Waals surface area contributed by atoms with Gasteiger partial charge in [0, 0.05) is 24.2 Å². The van der Waals surface area contributed by atoms with Crippen LogP contribution >= 0.6 is 0 Å². The van der Waals surface area contributed by atoms with Crippen LogP contribution in [0.2, 0.25) is 0 Å². The van der Waals surface area contributed by atoms with Gasteiger partial charge in [-0.05, 0) is 54.7 Å². The summed E-state index contributed by atoms with van der Waals surface area (Å²) in [6.07, 6.45) is 8.75. The Hall–Kier alpha value is -4.21. The normalized spacial score (nSPS) is 13.4. The number of carbonyl (C=O) groups is 1. The van der Waals surface area contributed by atoms with Crippen molar-refractivity contribution in [3.8, 4) is 22.8 Å². The lowest BCUT2D eigenvalue weighted by molar-refractivity contribution is 0.0946. The van der Waals surface area contributed by atoms with Crippen molar-refractivity contribution in [1.82, 2.24) is 29.9 Å². The van der Waals surface area contributed by atoms with Crippen molar-refractivity contribution < 1.29 is 14.3 Å². The van der Waals surface area contributed by atoms with E-state index in [0.717, 1.165) is 11.1 Å². The summed E-state index contributed by atoms with van der Waals surface area (Å²) in [5.74, 6) is 1.39. The highest BCUT2D eigenvalue weighted by Crippen LogP contribution is 2.28. The van der Waals surface area contributed by atoms with E-state index in [2.05, 4.69) is 25.4 Å². The van der Waals surface area contributed by atoms with Crippen molar-refractivity contribution in [2.45, 2.75) is 25.8 Å². The van der Waals surface area contributed by atoms with Crippen LogP contribution in [0.25, 0.3) is 16.8 Å². The lowest BCUT2D eigenvalue weighted by atomic mass is 9.86. The SMILES string of the molecule is COc1ncc(-c2ccn3nc(N)nc3c2)cc1C(=O)NCc1ncccc1OCC1CCC1. The van der Waals surface area contributed by atoms with Crippen LogP contribution in [0.4, 0.5) is 5.95 Å². The molecule has 174 valence electrons. The molecule has 0 spiro atoms. The molecular formula is C24H25N7O3. The molecule has 3 N–H and O–H groups in total. The molecule has 4 aromatic heterocycles. The predicted octanol–water partition coefficient (Wildman–Crippen LogP) is 2.89. The van der Waals surface area contributed by atoms with Gasteiger partial charge in [-0.2, -0.15) is 4.98 Å². The van der Waals surface area contributed by atoms with Gasteiger partial charge >= 0.3 is 0 Å². The number of nitrogens with two attached hydrogens (primary N) is 1. The fourth-order valence-electron chi connectivity index (χ4n) is 3.83. The van der Waals surface area contributed by atoms with E-state index in [0.29, 0.717) is 35.2 Å². The summed E-state index contributed by atoms with van der Waals surface area (Å²) in [4.78, 5) is 26.0. The lowest BCUT2D eigenvalue weighted by Crippen LogP contribution is -2.25. The topological polar surface area (TPSA) is 130 Å². The minimum absolute atomic E-state index is 0.190. The van der Waals surface area contributed by atoms with E-state index in [1.54, 1.807) is 29.2 Å². The number of anilines is 1. The highest BCUT2D eigenvalue weighted by molar-refractivity contribution is 5.97. The van der Waals surface area contributed by atoms with Gasteiger partial charge in [0.15, 0.2) is 5.65 Å². The lowest BCUT2D eigenvalue weighted by Gasteiger charge is -2.25. The van der Waals surface area contributed by atoms with Gasteiger partial charge in [-0.3, -0.25) is 9.78 Å². The van der Waals surface area contributed by atoms with Crippen LogP contribution in [0.5, 0.6) is 11.6 Å². The summed E-state index contributed by atoms with van der Waals surface area (Å²) in [5, 5.41) is 6.99. The number of pyridine rings is 3. The zero-order valence-electron chi connectivity index (χ0n) is 18.8. The van der Waals surface area contributed by atoms with Crippen LogP contribution in [0, 0.1) is 5.92 Å². The maximum atomic E-state index is 13.1. The second-order valence-electron chi connectivity index (χ2n) is 8.21. The first kappa shape index (κ1) is 21.6. The summed E-state index contributed by atoms with van der Waals surface area (Å²) in [5.41, 5.74) is 8.82. The van der Waals surface area contributed by atoms with Crippen molar-refractivity contribution in [3.63, 3.8) is 0 Å². The first-order valence-corrected chi connectivity index (χ1v) is 11.1. The third-order valence-electron chi connectivity index (χ3n) is 5.94. The Balaban J connectivity index is 1.34. The maximum Gasteiger partial charge on any atom is 0.257 e. The summed E-state index contributed by atoms with van der Waals surface area (Å²) in [6, 6.07) is 9.13. The zero-order valence-corrected chi connectivity index (χ0v) is 18.8. The van der Waals surface area contributed by atoms with Crippen LogP contribution < -0.4 is 20.5 Å². The smallest absolute Gasteiger partial charge is 0.257 e. The maximum absolute atomic E-state index is 13.1. The minimum atomic E-state index is -0.324. The molecule has 0 atom stereocenters. The number of carbonyl (C=O) groups excluding carboxylic acids is 1. The number of aromatic nitrogens is 5. The number of hydrogen-bond donors (Lipinski definition) is 2. The average Bonchev–Trinajstić information content (AvgIpc) is 3.21. The molecule has 34 heavy (non-hydrogen) atoms. The Morgan fingerprint density at radius 3 is 2.91 bits per heavy atom. The monoisotopic (exact) mass is 459 g/mol. The second kappa shape index (κ2) is 9.34. The van der Waals surface area contributed by atoms with Crippen LogP contribution in [0.3, 0.4) is 0 Å². The van der Waals surface area contributed by atoms with E-state index in [9.17, 15) is 4.79 Å². The van der Waals surface area contributed by atoms with Crippen molar-refractivity contribution in [1.29, 1.82) is 0 Å². The number of nitrogens with one attached hydrogen (secondary N) is 1. The molecule has 1 amide bonds. The molecule has 1 saturated carbocycles. The van der Waals surface area contributed by atoms with E-state index in [1.165, 1.54) is 26.4 Å². The molecule has 5 rings (SSSR count). The second-order valence-corrected chi connectivity index (χ2v) is 8.21. The molecule has 0 bridgehead atoms. The van der Waals surface area contributed by atoms with E-state index < -0.39 is 0 Å². The van der Waals surface area contributed by atoms with Crippen LogP contribution in [-0.2, 0) is 6.54 Å². The Morgan fingerprint density at radius 1 is 1.24 bits per heavy atom. The van der Waals surface area contributed by atoms with Gasteiger partial charge in [-0.25, -0.2) is 9.50 Å². The number of hydrogen-bond acceptors (Lipinski definition) is 8. The molecule has 1 fully saturated rings. The van der Waals surface area contributed by atoms with Crippen LogP contribution in [0.15, 0.2) is 48.9 Å². The number of fused-ring (bicyclic) bond motifs is 1. The molecule has 0 radical (unpaired) electrons. The minimum Gasteiger partial charge on any atom is -0.491 e. The quantitative estimate of drug-likeness (QED) is 0.411. The molecule has 4 heterocycles. The van der Waals surface area contributed by atoms with Gasteiger partial charge < -0.3 is 20.5 Å². The first-order chi connectivity index (χ1) is 16.6. The number of amides is 1. The summed E-state index contributed by atoms with van der Waals surface area (Å²) >= 11 is 0. The fourth-order valence-corrected chi connectivity index (χ4v) is 3.83. The molecule has 0 aliphatic heterocycles. The van der Waals surface area contributed by atoms with Crippen molar-refractivity contribution in [3.05, 3.63) is 60.2 Å². The van der Waals surface area contributed by atoms with E-state index >= 15 is 0 Å². The average molecular weight is 460 g/mol. The Labute approximate surface area is 196 Å². The molecular weight excluding hydrogens is 434 g/mol. The number of nitrogens with zero attached hydrogens (tertiary/aromatic N) is 5. The highest BCUT2D eigenvalue weighted by atomic mass is 16.5. The first-order valence-electron chi connectivity index (χ1n) is 11.1. The van der Waals surface area contributed by atoms with Crippen molar-refractivity contribution >= 4 is 17.5 Å². The Morgan fingerprint density at radius 2 is 2.12 bits per heavy atom. The fraction of sp³-hybridized carbons (Fsp3) is 0.292. The molecule has 0 unspecified atom stereocenters. The molecule has 0 saturated heterocycles. The van der Waals surface area contributed by atoms with Crippen LogP contribution in [0.1, 0.15) is 35.3 Å². The third kappa shape index (κ3) is 4.47. The van der Waals surface area contributed by atoms with Gasteiger partial charge in [0.2, 0.25) is 11.8 Å². The largest absolute Gasteiger partial charge is 0.491 e. The van der Waals surface area contributed by atoms with Crippen molar-refractivity contribution in [2.24, 2.45) is 5.92 Å². The zero-order chi connectivity index (χ0) is 23.5. The Kier molecular flexibility index (Phi) is 5.94. The molecule has 1 aliphatic rings. The molecule has 10 heteroatoms. The molecule has 10 nitrogen and oxygen atoms in total. The van der Waals surface area contributed by atoms with Gasteiger partial charge in [-0.1, -0.05) is 6.42 Å². The third-order valence-corrected chi connectivity index (χ3v) is 5.94. The molecule has 4 aromatic rings.